The van der Waals surface area contributed by atoms with E-state index in [1.807, 2.05) is 13.1 Å². The fourth-order valence-electron chi connectivity index (χ4n) is 2.63. The van der Waals surface area contributed by atoms with Crippen LogP contribution in [0.1, 0.15) is 24.8 Å². The average molecular weight is 349 g/mol. The zero-order valence-corrected chi connectivity index (χ0v) is 14.3. The zero-order valence-electron chi connectivity index (χ0n) is 13.5. The monoisotopic (exact) mass is 349 g/mol. The van der Waals surface area contributed by atoms with E-state index in [4.69, 9.17) is 4.74 Å². The molecule has 0 spiro atoms. The van der Waals surface area contributed by atoms with Crippen molar-refractivity contribution in [2.75, 3.05) is 6.61 Å². The molecule has 1 saturated carbocycles. The van der Waals surface area contributed by atoms with Crippen LogP contribution in [0.15, 0.2) is 41.6 Å². The van der Waals surface area contributed by atoms with E-state index in [-0.39, 0.29) is 16.7 Å². The number of aryl methyl sites for hydroxylation is 1. The summed E-state index contributed by atoms with van der Waals surface area (Å²) >= 11 is 0. The molecule has 1 aliphatic rings. The molecule has 2 aromatic rings. The number of sulfonamides is 1. The standard InChI is InChI=1S/C16H19N3O4S/c1-3-23-12-4-6-13(7-5-12)24(21,22)18-16(20)15-8-14(15)11-9-17-19(2)10-11/h4-7,9-10,14-15H,3,8H2,1-2H3,(H,18,20). The minimum atomic E-state index is -3.87. The maximum absolute atomic E-state index is 12.3. The van der Waals surface area contributed by atoms with Gasteiger partial charge in [-0.25, -0.2) is 13.1 Å². The maximum Gasteiger partial charge on any atom is 0.264 e. The normalized spacial score (nSPS) is 19.8. The van der Waals surface area contributed by atoms with Gasteiger partial charge in [0.2, 0.25) is 5.91 Å². The molecular formula is C16H19N3O4S. The van der Waals surface area contributed by atoms with Crippen LogP contribution in [0.4, 0.5) is 0 Å². The molecule has 0 radical (unpaired) electrons. The highest BCUT2D eigenvalue weighted by molar-refractivity contribution is 7.90. The second kappa shape index (κ2) is 6.27. The van der Waals surface area contributed by atoms with Crippen molar-refractivity contribution in [2.24, 2.45) is 13.0 Å². The van der Waals surface area contributed by atoms with Crippen molar-refractivity contribution in [3.05, 3.63) is 42.2 Å². The van der Waals surface area contributed by atoms with Crippen molar-refractivity contribution in [2.45, 2.75) is 24.2 Å². The Labute approximate surface area is 140 Å². The smallest absolute Gasteiger partial charge is 0.264 e. The van der Waals surface area contributed by atoms with Crippen LogP contribution in [0.5, 0.6) is 5.75 Å². The Morgan fingerprint density at radius 3 is 2.67 bits per heavy atom. The van der Waals surface area contributed by atoms with Crippen LogP contribution in [0, 0.1) is 5.92 Å². The van der Waals surface area contributed by atoms with E-state index in [0.717, 1.165) is 5.56 Å². The highest BCUT2D eigenvalue weighted by Gasteiger charge is 2.45. The minimum absolute atomic E-state index is 0.0363. The highest BCUT2D eigenvalue weighted by Crippen LogP contribution is 2.47. The van der Waals surface area contributed by atoms with Gasteiger partial charge in [-0.15, -0.1) is 0 Å². The van der Waals surface area contributed by atoms with Crippen LogP contribution in [-0.2, 0) is 21.9 Å². The molecule has 0 aliphatic heterocycles. The number of ether oxygens (including phenoxy) is 1. The third-order valence-electron chi connectivity index (χ3n) is 3.96. The van der Waals surface area contributed by atoms with E-state index in [9.17, 15) is 13.2 Å². The second-order valence-corrected chi connectivity index (χ2v) is 7.45. The van der Waals surface area contributed by atoms with Crippen LogP contribution in [-0.4, -0.2) is 30.7 Å². The summed E-state index contributed by atoms with van der Waals surface area (Å²) in [7, 11) is -2.07. The van der Waals surface area contributed by atoms with Gasteiger partial charge in [0.1, 0.15) is 5.75 Å². The number of carbonyl (C=O) groups excluding carboxylic acids is 1. The van der Waals surface area contributed by atoms with Crippen molar-refractivity contribution in [3.8, 4) is 5.75 Å². The van der Waals surface area contributed by atoms with Gasteiger partial charge in [0.25, 0.3) is 10.0 Å². The molecule has 8 heteroatoms. The van der Waals surface area contributed by atoms with E-state index >= 15 is 0 Å². The quantitative estimate of drug-likeness (QED) is 0.852. The van der Waals surface area contributed by atoms with Crippen molar-refractivity contribution in [1.82, 2.24) is 14.5 Å². The maximum atomic E-state index is 12.3. The van der Waals surface area contributed by atoms with E-state index in [1.165, 1.54) is 12.1 Å². The van der Waals surface area contributed by atoms with Crippen LogP contribution >= 0.6 is 0 Å². The summed E-state index contributed by atoms with van der Waals surface area (Å²) in [5.41, 5.74) is 0.955. The molecule has 24 heavy (non-hydrogen) atoms. The van der Waals surface area contributed by atoms with Gasteiger partial charge in [0.05, 0.1) is 17.7 Å². The zero-order chi connectivity index (χ0) is 17.3. The Morgan fingerprint density at radius 2 is 2.08 bits per heavy atom. The highest BCUT2D eigenvalue weighted by atomic mass is 32.2. The van der Waals surface area contributed by atoms with E-state index in [2.05, 4.69) is 9.82 Å². The van der Waals surface area contributed by atoms with Gasteiger partial charge in [-0.1, -0.05) is 0 Å². The number of carbonyl (C=O) groups is 1. The molecule has 3 rings (SSSR count). The molecule has 1 aromatic heterocycles. The number of aromatic nitrogens is 2. The predicted octanol–water partition coefficient (Wildman–Crippen LogP) is 1.43. The van der Waals surface area contributed by atoms with Gasteiger partial charge in [-0.3, -0.25) is 9.48 Å². The lowest BCUT2D eigenvalue weighted by Gasteiger charge is -2.08. The van der Waals surface area contributed by atoms with Gasteiger partial charge < -0.3 is 4.74 Å². The molecule has 0 bridgehead atoms. The molecule has 2 unspecified atom stereocenters. The predicted molar refractivity (Wildman–Crippen MR) is 87.0 cm³/mol. The molecule has 1 fully saturated rings. The lowest BCUT2D eigenvalue weighted by Crippen LogP contribution is -2.32. The third-order valence-corrected chi connectivity index (χ3v) is 5.32. The molecule has 0 saturated heterocycles. The van der Waals surface area contributed by atoms with Gasteiger partial charge in [0.15, 0.2) is 0 Å². The fraction of sp³-hybridized carbons (Fsp3) is 0.375. The van der Waals surface area contributed by atoms with Crippen LogP contribution in [0.2, 0.25) is 0 Å². The molecule has 1 heterocycles. The molecule has 1 amide bonds. The molecule has 2 atom stereocenters. The molecule has 1 N–H and O–H groups in total. The number of benzene rings is 1. The fourth-order valence-corrected chi connectivity index (χ4v) is 3.66. The summed E-state index contributed by atoms with van der Waals surface area (Å²) in [6.45, 7) is 2.35. The number of nitrogens with zero attached hydrogens (tertiary/aromatic N) is 2. The van der Waals surface area contributed by atoms with Gasteiger partial charge in [-0.05, 0) is 49.1 Å². The van der Waals surface area contributed by atoms with Gasteiger partial charge >= 0.3 is 0 Å². The van der Waals surface area contributed by atoms with Crippen LogP contribution in [0.25, 0.3) is 0 Å². The topological polar surface area (TPSA) is 90.3 Å². The number of amides is 1. The van der Waals surface area contributed by atoms with E-state index < -0.39 is 15.9 Å². The molecule has 128 valence electrons. The lowest BCUT2D eigenvalue weighted by molar-refractivity contribution is -0.120. The van der Waals surface area contributed by atoms with E-state index in [0.29, 0.717) is 18.8 Å². The van der Waals surface area contributed by atoms with E-state index in [1.54, 1.807) is 30.1 Å². The van der Waals surface area contributed by atoms with Gasteiger partial charge in [-0.2, -0.15) is 5.10 Å². The lowest BCUT2D eigenvalue weighted by atomic mass is 10.2. The van der Waals surface area contributed by atoms with Gasteiger partial charge in [0, 0.05) is 19.2 Å². The minimum Gasteiger partial charge on any atom is -0.494 e. The Kier molecular flexibility index (Phi) is 4.31. The summed E-state index contributed by atoms with van der Waals surface area (Å²) < 4.78 is 33.7. The first-order valence-corrected chi connectivity index (χ1v) is 9.17. The third kappa shape index (κ3) is 3.43. The summed E-state index contributed by atoms with van der Waals surface area (Å²) in [6.07, 6.45) is 4.19. The molecule has 7 nitrogen and oxygen atoms in total. The summed E-state index contributed by atoms with van der Waals surface area (Å²) in [5, 5.41) is 4.07. The Morgan fingerprint density at radius 1 is 1.38 bits per heavy atom. The summed E-state index contributed by atoms with van der Waals surface area (Å²) in [5.74, 6) is -0.180. The van der Waals surface area contributed by atoms with Crippen molar-refractivity contribution in [3.63, 3.8) is 0 Å². The van der Waals surface area contributed by atoms with Crippen molar-refractivity contribution in [1.29, 1.82) is 0 Å². The first kappa shape index (κ1) is 16.5. The van der Waals surface area contributed by atoms with Crippen molar-refractivity contribution < 1.29 is 17.9 Å². The summed E-state index contributed by atoms with van der Waals surface area (Å²) in [4.78, 5) is 12.3. The van der Waals surface area contributed by atoms with Crippen LogP contribution < -0.4 is 9.46 Å². The largest absolute Gasteiger partial charge is 0.494 e. The molecule has 1 aromatic carbocycles. The molecular weight excluding hydrogens is 330 g/mol. The Bertz CT molecular complexity index is 842. The number of hydrogen-bond donors (Lipinski definition) is 1. The number of rotatable bonds is 6. The number of hydrogen-bond acceptors (Lipinski definition) is 5. The first-order valence-electron chi connectivity index (χ1n) is 7.69. The number of nitrogens with one attached hydrogen (secondary N) is 1. The second-order valence-electron chi connectivity index (χ2n) is 5.77. The first-order chi connectivity index (χ1) is 11.4. The summed E-state index contributed by atoms with van der Waals surface area (Å²) in [6, 6.07) is 5.98. The Hall–Kier alpha value is -2.35. The SMILES string of the molecule is CCOc1ccc(S(=O)(=O)NC(=O)C2CC2c2cnn(C)c2)cc1. The van der Waals surface area contributed by atoms with Crippen LogP contribution in [0.3, 0.4) is 0 Å². The molecule has 1 aliphatic carbocycles. The van der Waals surface area contributed by atoms with Crippen molar-refractivity contribution >= 4 is 15.9 Å². The Balaban J connectivity index is 1.65. The average Bonchev–Trinajstić information content (AvgIpc) is 3.23.